The highest BCUT2D eigenvalue weighted by Gasteiger charge is 2.55. The zero-order valence-corrected chi connectivity index (χ0v) is 21.7. The number of esters is 1. The van der Waals surface area contributed by atoms with E-state index in [2.05, 4.69) is 10.1 Å². The van der Waals surface area contributed by atoms with E-state index >= 15 is 0 Å². The topological polar surface area (TPSA) is 188 Å². The van der Waals surface area contributed by atoms with Crippen LogP contribution in [-0.4, -0.2) is 51.6 Å². The second-order valence-corrected chi connectivity index (χ2v) is 10.6. The van der Waals surface area contributed by atoms with Gasteiger partial charge in [0.1, 0.15) is 35.2 Å². The Morgan fingerprint density at radius 1 is 1.35 bits per heavy atom. The maximum absolute atomic E-state index is 13.7. The third-order valence-electron chi connectivity index (χ3n) is 5.56. The summed E-state index contributed by atoms with van der Waals surface area (Å²) in [4.78, 5) is 28.3. The number of nitrogens with two attached hydrogens (primary N) is 1. The molecule has 0 saturated carbocycles. The number of aromatic nitrogens is 2. The van der Waals surface area contributed by atoms with Gasteiger partial charge in [0.25, 0.3) is 0 Å². The molecule has 0 radical (unpaired) electrons. The first-order valence-corrected chi connectivity index (χ1v) is 13.0. The number of nitrogen functional groups attached to an aromatic ring is 1. The number of nitriles is 1. The summed E-state index contributed by atoms with van der Waals surface area (Å²) >= 11 is 0. The Balaban J connectivity index is 1.83. The molecule has 1 saturated heterocycles. The molecule has 1 aliphatic heterocycles. The fraction of sp³-hybridized carbons (Fsp3) is 0.478. The van der Waals surface area contributed by atoms with Gasteiger partial charge >= 0.3 is 19.4 Å². The fourth-order valence-electron chi connectivity index (χ4n) is 3.63. The number of carbonyl (C=O) groups excluding carboxylic acids is 1. The van der Waals surface area contributed by atoms with Gasteiger partial charge in [0.15, 0.2) is 6.23 Å². The molecule has 0 bridgehead atoms. The number of aliphatic hydroxyl groups excluding tert-OH is 1. The van der Waals surface area contributed by atoms with Gasteiger partial charge in [-0.05, 0) is 45.9 Å². The molecule has 13 nitrogen and oxygen atoms in total. The molecule has 37 heavy (non-hydrogen) atoms. The van der Waals surface area contributed by atoms with Crippen molar-refractivity contribution < 1.29 is 33.0 Å². The van der Waals surface area contributed by atoms with Gasteiger partial charge in [0, 0.05) is 6.20 Å². The second-order valence-electron chi connectivity index (χ2n) is 8.94. The van der Waals surface area contributed by atoms with Crippen molar-refractivity contribution in [1.82, 2.24) is 14.6 Å². The largest absolute Gasteiger partial charge is 0.462 e. The molecule has 1 unspecified atom stereocenters. The second kappa shape index (κ2) is 11.4. The lowest BCUT2D eigenvalue weighted by molar-refractivity contribution is -0.149. The molecule has 1 fully saturated rings. The molecule has 200 valence electrons. The third kappa shape index (κ3) is 6.54. The molecule has 1 aromatic heterocycles. The summed E-state index contributed by atoms with van der Waals surface area (Å²) in [5, 5.41) is 23.3. The van der Waals surface area contributed by atoms with Crippen LogP contribution >= 0.6 is 7.75 Å². The third-order valence-corrected chi connectivity index (χ3v) is 7.21. The number of aliphatic hydroxyl groups is 1. The molecule has 3 rings (SSSR count). The molecule has 1 aliphatic rings. The molecular formula is C23H30N5O8P. The first-order chi connectivity index (χ1) is 17.4. The molecular weight excluding hydrogens is 505 g/mol. The van der Waals surface area contributed by atoms with E-state index in [0.717, 1.165) is 4.57 Å². The summed E-state index contributed by atoms with van der Waals surface area (Å²) in [6.07, 6.45) is -3.01. The Bertz CT molecular complexity index is 1250. The number of para-hydroxylation sites is 1. The van der Waals surface area contributed by atoms with E-state index in [4.69, 9.17) is 24.3 Å². The lowest BCUT2D eigenvalue weighted by Gasteiger charge is -2.26. The van der Waals surface area contributed by atoms with Crippen molar-refractivity contribution in [2.45, 2.75) is 58.3 Å². The van der Waals surface area contributed by atoms with Crippen LogP contribution in [0.4, 0.5) is 5.82 Å². The number of hydrogen-bond donors (Lipinski definition) is 3. The van der Waals surface area contributed by atoms with Gasteiger partial charge < -0.3 is 24.8 Å². The minimum Gasteiger partial charge on any atom is -0.462 e. The summed E-state index contributed by atoms with van der Waals surface area (Å²) in [7, 11) is -4.25. The number of ether oxygens (including phenoxy) is 2. The van der Waals surface area contributed by atoms with Crippen molar-refractivity contribution in [3.63, 3.8) is 0 Å². The number of nitrogens with zero attached hydrogens (tertiary/aromatic N) is 3. The average Bonchev–Trinajstić information content (AvgIpc) is 3.08. The number of anilines is 1. The van der Waals surface area contributed by atoms with Crippen molar-refractivity contribution in [3.05, 3.63) is 53.1 Å². The highest BCUT2D eigenvalue weighted by atomic mass is 31.2. The SMILES string of the molecule is CC(C)OC(=O)[C@@H](C)N[P@@](=O)(OC[C@H]1OC(n2ccc(N)nc2=O)[C@](C)(C#N)[C@@H]1O)Oc1ccccc1. The fourth-order valence-corrected chi connectivity index (χ4v) is 5.13. The van der Waals surface area contributed by atoms with Crippen LogP contribution in [0.5, 0.6) is 5.75 Å². The molecule has 6 atom stereocenters. The maximum atomic E-state index is 13.7. The van der Waals surface area contributed by atoms with Crippen LogP contribution in [0, 0.1) is 16.7 Å². The lowest BCUT2D eigenvalue weighted by Crippen LogP contribution is -2.40. The number of carbonyl (C=O) groups is 1. The average molecular weight is 535 g/mol. The minimum absolute atomic E-state index is 0.0199. The molecule has 2 aromatic rings. The van der Waals surface area contributed by atoms with Gasteiger partial charge in [-0.3, -0.25) is 13.9 Å². The predicted molar refractivity (Wildman–Crippen MR) is 131 cm³/mol. The normalized spacial score (nSPS) is 25.7. The molecule has 4 N–H and O–H groups in total. The van der Waals surface area contributed by atoms with Crippen LogP contribution in [0.2, 0.25) is 0 Å². The summed E-state index contributed by atoms with van der Waals surface area (Å²) < 4.78 is 36.8. The van der Waals surface area contributed by atoms with E-state index in [9.17, 15) is 24.5 Å². The summed E-state index contributed by atoms with van der Waals surface area (Å²) in [6.45, 7) is 5.66. The Morgan fingerprint density at radius 3 is 2.62 bits per heavy atom. The number of benzene rings is 1. The standard InChI is InChI=1S/C23H30N5O8P/c1-14(2)34-20(30)15(3)27-37(32,36-16-8-6-5-7-9-16)33-12-17-19(29)23(4,13-24)21(35-17)28-11-10-18(25)26-22(28)31/h5-11,14-15,17,19,21,29H,12H2,1-4H3,(H,27,32)(H2,25,26,31)/t15-,17-,19-,21?,23-,37-/m1/s1. The smallest absolute Gasteiger partial charge is 0.459 e. The Labute approximate surface area is 213 Å². The first-order valence-electron chi connectivity index (χ1n) is 11.5. The van der Waals surface area contributed by atoms with Crippen LogP contribution in [0.3, 0.4) is 0 Å². The molecule has 1 aromatic carbocycles. The Hall–Kier alpha value is -3.27. The quantitative estimate of drug-likeness (QED) is 0.296. The van der Waals surface area contributed by atoms with Crippen molar-refractivity contribution in [1.29, 1.82) is 5.26 Å². The van der Waals surface area contributed by atoms with E-state index < -0.39 is 62.0 Å². The molecule has 0 amide bonds. The number of nitrogens with one attached hydrogen (secondary N) is 1. The van der Waals surface area contributed by atoms with E-state index in [1.54, 1.807) is 44.2 Å². The van der Waals surface area contributed by atoms with E-state index in [1.165, 1.54) is 26.1 Å². The van der Waals surface area contributed by atoms with E-state index in [0.29, 0.717) is 0 Å². The lowest BCUT2D eigenvalue weighted by atomic mass is 9.84. The van der Waals surface area contributed by atoms with E-state index in [1.807, 2.05) is 6.07 Å². The number of hydrogen-bond acceptors (Lipinski definition) is 11. The van der Waals surface area contributed by atoms with Crippen LogP contribution in [0.15, 0.2) is 47.4 Å². The zero-order chi connectivity index (χ0) is 27.4. The zero-order valence-electron chi connectivity index (χ0n) is 20.8. The highest BCUT2D eigenvalue weighted by molar-refractivity contribution is 7.52. The van der Waals surface area contributed by atoms with Crippen LogP contribution < -0.4 is 21.0 Å². The number of rotatable bonds is 10. The minimum atomic E-state index is -4.25. The van der Waals surface area contributed by atoms with Crippen molar-refractivity contribution in [2.75, 3.05) is 12.3 Å². The molecule has 0 aliphatic carbocycles. The van der Waals surface area contributed by atoms with Crippen LogP contribution in [-0.2, 0) is 23.4 Å². The van der Waals surface area contributed by atoms with Gasteiger partial charge in [-0.15, -0.1) is 0 Å². The summed E-state index contributed by atoms with van der Waals surface area (Å²) in [5.74, 6) is -0.511. The van der Waals surface area contributed by atoms with Crippen molar-refractivity contribution in [3.8, 4) is 11.8 Å². The Kier molecular flexibility index (Phi) is 8.73. The summed E-state index contributed by atoms with van der Waals surface area (Å²) in [5.41, 5.74) is 3.17. The highest BCUT2D eigenvalue weighted by Crippen LogP contribution is 2.48. The Morgan fingerprint density at radius 2 is 2.03 bits per heavy atom. The maximum Gasteiger partial charge on any atom is 0.459 e. The van der Waals surface area contributed by atoms with Crippen LogP contribution in [0.1, 0.15) is 33.9 Å². The van der Waals surface area contributed by atoms with Crippen molar-refractivity contribution in [2.24, 2.45) is 5.41 Å². The van der Waals surface area contributed by atoms with Gasteiger partial charge in [0.2, 0.25) is 0 Å². The first kappa shape index (κ1) is 28.3. The molecule has 14 heteroatoms. The van der Waals surface area contributed by atoms with Crippen LogP contribution in [0.25, 0.3) is 0 Å². The molecule has 0 spiro atoms. The molecule has 2 heterocycles. The van der Waals surface area contributed by atoms with Gasteiger partial charge in [-0.2, -0.15) is 15.3 Å². The monoisotopic (exact) mass is 535 g/mol. The van der Waals surface area contributed by atoms with Crippen molar-refractivity contribution >= 4 is 19.5 Å². The van der Waals surface area contributed by atoms with Gasteiger partial charge in [0.05, 0.1) is 18.8 Å². The summed E-state index contributed by atoms with van der Waals surface area (Å²) in [6, 6.07) is 10.4. The predicted octanol–water partition coefficient (Wildman–Crippen LogP) is 1.75. The van der Waals surface area contributed by atoms with E-state index in [-0.39, 0.29) is 11.6 Å². The van der Waals surface area contributed by atoms with Gasteiger partial charge in [-0.1, -0.05) is 18.2 Å². The van der Waals surface area contributed by atoms with Gasteiger partial charge in [-0.25, -0.2) is 9.36 Å².